The lowest BCUT2D eigenvalue weighted by Crippen LogP contribution is -2.30. The zero-order chi connectivity index (χ0) is 8.27. The third-order valence-electron chi connectivity index (χ3n) is 2.29. The van der Waals surface area contributed by atoms with Gasteiger partial charge in [-0.15, -0.1) is 0 Å². The van der Waals surface area contributed by atoms with Crippen LogP contribution in [0.4, 0.5) is 0 Å². The molecule has 0 amide bonds. The lowest BCUT2D eigenvalue weighted by atomic mass is 9.84. The first-order valence-corrected chi connectivity index (χ1v) is 3.98. The fourth-order valence-corrected chi connectivity index (χ4v) is 1.50. The third-order valence-corrected chi connectivity index (χ3v) is 2.29. The van der Waals surface area contributed by atoms with Gasteiger partial charge < -0.3 is 5.73 Å². The molecule has 0 saturated heterocycles. The number of hydrogen-bond acceptors (Lipinski definition) is 3. The van der Waals surface area contributed by atoms with Crippen molar-refractivity contribution in [2.24, 2.45) is 11.7 Å². The van der Waals surface area contributed by atoms with E-state index in [0.717, 1.165) is 25.7 Å². The molecule has 1 saturated carbocycles. The summed E-state index contributed by atoms with van der Waals surface area (Å²) in [5.41, 5.74) is 5.64. The first-order valence-electron chi connectivity index (χ1n) is 3.98. The smallest absolute Gasteiger partial charge is 0.198 e. The van der Waals surface area contributed by atoms with E-state index >= 15 is 0 Å². The van der Waals surface area contributed by atoms with Crippen LogP contribution in [-0.2, 0) is 9.59 Å². The molecule has 1 aliphatic rings. The van der Waals surface area contributed by atoms with Gasteiger partial charge >= 0.3 is 0 Å². The van der Waals surface area contributed by atoms with Crippen molar-refractivity contribution in [2.45, 2.75) is 31.7 Å². The summed E-state index contributed by atoms with van der Waals surface area (Å²) >= 11 is 0. The average molecular weight is 155 g/mol. The quantitative estimate of drug-likeness (QED) is 0.460. The number of Topliss-reactive ketones (excluding diaryl/α,β-unsaturated/α-hetero) is 1. The Morgan fingerprint density at radius 3 is 2.27 bits per heavy atom. The first-order chi connectivity index (χ1) is 5.24. The molecule has 3 heteroatoms. The Hall–Kier alpha value is -0.700. The second-order valence-electron chi connectivity index (χ2n) is 3.13. The summed E-state index contributed by atoms with van der Waals surface area (Å²) in [5.74, 6) is -0.288. The van der Waals surface area contributed by atoms with E-state index in [1.165, 1.54) is 0 Å². The van der Waals surface area contributed by atoms with Crippen LogP contribution in [0.2, 0.25) is 0 Å². The SMILES string of the molecule is NC1CCC(C(=O)C=O)CC1. The number of carbonyl (C=O) groups is 2. The average Bonchev–Trinajstić information content (AvgIpc) is 2.05. The van der Waals surface area contributed by atoms with Gasteiger partial charge in [-0.3, -0.25) is 9.59 Å². The maximum absolute atomic E-state index is 10.9. The lowest BCUT2D eigenvalue weighted by Gasteiger charge is -2.23. The van der Waals surface area contributed by atoms with Gasteiger partial charge in [0.25, 0.3) is 0 Å². The molecule has 11 heavy (non-hydrogen) atoms. The molecule has 1 aliphatic carbocycles. The minimum Gasteiger partial charge on any atom is -0.328 e. The highest BCUT2D eigenvalue weighted by Crippen LogP contribution is 2.22. The number of carbonyl (C=O) groups excluding carboxylic acids is 2. The minimum absolute atomic E-state index is 0.0349. The zero-order valence-corrected chi connectivity index (χ0v) is 6.45. The molecule has 1 fully saturated rings. The van der Waals surface area contributed by atoms with E-state index in [1.807, 2.05) is 0 Å². The monoisotopic (exact) mass is 155 g/mol. The molecule has 0 aliphatic heterocycles. The molecule has 0 bridgehead atoms. The summed E-state index contributed by atoms with van der Waals surface area (Å²) in [7, 11) is 0. The molecule has 0 heterocycles. The fraction of sp³-hybridized carbons (Fsp3) is 0.750. The van der Waals surface area contributed by atoms with Crippen molar-refractivity contribution >= 4 is 12.1 Å². The topological polar surface area (TPSA) is 60.2 Å². The van der Waals surface area contributed by atoms with Gasteiger partial charge in [0, 0.05) is 12.0 Å². The van der Waals surface area contributed by atoms with Crippen LogP contribution in [0, 0.1) is 5.92 Å². The van der Waals surface area contributed by atoms with Crippen molar-refractivity contribution in [3.63, 3.8) is 0 Å². The van der Waals surface area contributed by atoms with Gasteiger partial charge in [-0.2, -0.15) is 0 Å². The number of rotatable bonds is 2. The van der Waals surface area contributed by atoms with Gasteiger partial charge in [-0.1, -0.05) is 0 Å². The van der Waals surface area contributed by atoms with Crippen LogP contribution >= 0.6 is 0 Å². The van der Waals surface area contributed by atoms with Crippen LogP contribution in [0.5, 0.6) is 0 Å². The standard InChI is InChI=1S/C8H13NO2/c9-7-3-1-6(2-4-7)8(11)5-10/h5-7H,1-4,9H2. The van der Waals surface area contributed by atoms with Gasteiger partial charge in [0.2, 0.25) is 0 Å². The second-order valence-corrected chi connectivity index (χ2v) is 3.13. The molecular weight excluding hydrogens is 142 g/mol. The molecule has 0 unspecified atom stereocenters. The van der Waals surface area contributed by atoms with E-state index in [-0.39, 0.29) is 17.7 Å². The van der Waals surface area contributed by atoms with Crippen LogP contribution < -0.4 is 5.73 Å². The van der Waals surface area contributed by atoms with Gasteiger partial charge in [-0.05, 0) is 25.7 Å². The van der Waals surface area contributed by atoms with Crippen LogP contribution in [0.15, 0.2) is 0 Å². The highest BCUT2D eigenvalue weighted by Gasteiger charge is 2.23. The second kappa shape index (κ2) is 3.62. The lowest BCUT2D eigenvalue weighted by molar-refractivity contribution is -0.133. The van der Waals surface area contributed by atoms with Crippen molar-refractivity contribution in [1.29, 1.82) is 0 Å². The molecule has 0 atom stereocenters. The van der Waals surface area contributed by atoms with Gasteiger partial charge in [0.15, 0.2) is 12.1 Å². The van der Waals surface area contributed by atoms with Crippen LogP contribution in [-0.4, -0.2) is 18.1 Å². The van der Waals surface area contributed by atoms with Crippen molar-refractivity contribution in [3.8, 4) is 0 Å². The van der Waals surface area contributed by atoms with E-state index < -0.39 is 0 Å². The van der Waals surface area contributed by atoms with Gasteiger partial charge in [-0.25, -0.2) is 0 Å². The number of aldehydes is 1. The minimum atomic E-state index is -0.253. The van der Waals surface area contributed by atoms with Crippen molar-refractivity contribution in [3.05, 3.63) is 0 Å². The summed E-state index contributed by atoms with van der Waals surface area (Å²) < 4.78 is 0. The van der Waals surface area contributed by atoms with Crippen molar-refractivity contribution < 1.29 is 9.59 Å². The Kier molecular flexibility index (Phi) is 2.76. The summed E-state index contributed by atoms with van der Waals surface area (Å²) in [5, 5.41) is 0. The molecule has 1 rings (SSSR count). The molecule has 0 aromatic heterocycles. The largest absolute Gasteiger partial charge is 0.328 e. The third kappa shape index (κ3) is 2.12. The highest BCUT2D eigenvalue weighted by atomic mass is 16.2. The van der Waals surface area contributed by atoms with E-state index in [0.29, 0.717) is 6.29 Å². The molecule has 0 aromatic carbocycles. The molecule has 2 N–H and O–H groups in total. The van der Waals surface area contributed by atoms with Crippen molar-refractivity contribution in [1.82, 2.24) is 0 Å². The normalized spacial score (nSPS) is 31.4. The molecule has 0 radical (unpaired) electrons. The van der Waals surface area contributed by atoms with E-state index in [9.17, 15) is 9.59 Å². The van der Waals surface area contributed by atoms with Gasteiger partial charge in [0.1, 0.15) is 0 Å². The fourth-order valence-electron chi connectivity index (χ4n) is 1.50. The summed E-state index contributed by atoms with van der Waals surface area (Å²) in [6, 6.07) is 0.241. The molecule has 0 aromatic rings. The van der Waals surface area contributed by atoms with E-state index in [4.69, 9.17) is 5.73 Å². The Morgan fingerprint density at radius 2 is 1.82 bits per heavy atom. The predicted molar refractivity (Wildman–Crippen MR) is 41.0 cm³/mol. The molecule has 62 valence electrons. The Bertz CT molecular complexity index is 159. The predicted octanol–water partition coefficient (Wildman–Crippen LogP) is 0.272. The number of nitrogens with two attached hydrogens (primary N) is 1. The van der Waals surface area contributed by atoms with E-state index in [2.05, 4.69) is 0 Å². The van der Waals surface area contributed by atoms with Crippen LogP contribution in [0.25, 0.3) is 0 Å². The summed E-state index contributed by atoms with van der Waals surface area (Å²) in [4.78, 5) is 21.0. The van der Waals surface area contributed by atoms with Crippen molar-refractivity contribution in [2.75, 3.05) is 0 Å². The van der Waals surface area contributed by atoms with E-state index in [1.54, 1.807) is 0 Å². The molecular formula is C8H13NO2. The maximum atomic E-state index is 10.9. The highest BCUT2D eigenvalue weighted by molar-refractivity contribution is 6.25. The van der Waals surface area contributed by atoms with Gasteiger partial charge in [0.05, 0.1) is 0 Å². The van der Waals surface area contributed by atoms with Crippen LogP contribution in [0.1, 0.15) is 25.7 Å². The molecule has 0 spiro atoms. The maximum Gasteiger partial charge on any atom is 0.198 e. The number of hydrogen-bond donors (Lipinski definition) is 1. The first kappa shape index (κ1) is 8.40. The Labute approximate surface area is 66.0 Å². The molecule has 3 nitrogen and oxygen atoms in total. The summed E-state index contributed by atoms with van der Waals surface area (Å²) in [6.07, 6.45) is 3.77. The Balaban J connectivity index is 2.38. The Morgan fingerprint density at radius 1 is 1.27 bits per heavy atom. The summed E-state index contributed by atoms with van der Waals surface area (Å²) in [6.45, 7) is 0. The zero-order valence-electron chi connectivity index (χ0n) is 6.45. The number of ketones is 1. The van der Waals surface area contributed by atoms with Crippen LogP contribution in [0.3, 0.4) is 0 Å².